The molecule has 1 unspecified atom stereocenters. The van der Waals surface area contributed by atoms with E-state index in [4.69, 9.17) is 5.11 Å². The van der Waals surface area contributed by atoms with Crippen molar-refractivity contribution in [3.63, 3.8) is 0 Å². The molecular formula is C16H27NO. The molecule has 1 aromatic rings. The topological polar surface area (TPSA) is 32.3 Å². The van der Waals surface area contributed by atoms with E-state index in [1.54, 1.807) is 0 Å². The van der Waals surface area contributed by atoms with Gasteiger partial charge in [-0.15, -0.1) is 0 Å². The van der Waals surface area contributed by atoms with Crippen LogP contribution >= 0.6 is 0 Å². The van der Waals surface area contributed by atoms with Gasteiger partial charge < -0.3 is 10.4 Å². The molecule has 0 heterocycles. The van der Waals surface area contributed by atoms with Crippen LogP contribution < -0.4 is 5.32 Å². The highest BCUT2D eigenvalue weighted by Gasteiger charge is 2.18. The van der Waals surface area contributed by atoms with Crippen LogP contribution in [0.3, 0.4) is 0 Å². The largest absolute Gasteiger partial charge is 0.396 e. The summed E-state index contributed by atoms with van der Waals surface area (Å²) >= 11 is 0. The lowest BCUT2D eigenvalue weighted by Crippen LogP contribution is -2.32. The second-order valence-electron chi connectivity index (χ2n) is 6.08. The Balaban J connectivity index is 2.60. The molecule has 2 heteroatoms. The Morgan fingerprint density at radius 1 is 1.22 bits per heavy atom. The summed E-state index contributed by atoms with van der Waals surface area (Å²) in [5, 5.41) is 12.6. The molecule has 0 spiro atoms. The normalized spacial score (nSPS) is 13.7. The molecule has 0 aromatic heterocycles. The second-order valence-corrected chi connectivity index (χ2v) is 6.08. The minimum absolute atomic E-state index is 0.142. The molecule has 0 radical (unpaired) electrons. The van der Waals surface area contributed by atoms with E-state index in [1.807, 2.05) is 0 Å². The predicted molar refractivity (Wildman–Crippen MR) is 77.8 cm³/mol. The number of rotatable bonds is 6. The van der Waals surface area contributed by atoms with Gasteiger partial charge in [-0.3, -0.25) is 0 Å². The zero-order chi connectivity index (χ0) is 13.8. The van der Waals surface area contributed by atoms with Crippen LogP contribution in [0, 0.1) is 19.3 Å². The first-order valence-electron chi connectivity index (χ1n) is 6.77. The Morgan fingerprint density at radius 2 is 1.89 bits per heavy atom. The predicted octanol–water partition coefficient (Wildman–Crippen LogP) is 3.36. The number of hydrogen-bond donors (Lipinski definition) is 2. The molecule has 0 fully saturated rings. The lowest BCUT2D eigenvalue weighted by molar-refractivity contribution is 0.204. The van der Waals surface area contributed by atoms with Crippen LogP contribution in [-0.2, 0) is 0 Å². The number of benzene rings is 1. The van der Waals surface area contributed by atoms with E-state index in [9.17, 15) is 0 Å². The maximum Gasteiger partial charge on any atom is 0.0436 e. The Labute approximate surface area is 111 Å². The molecule has 0 bridgehead atoms. The monoisotopic (exact) mass is 249 g/mol. The molecule has 2 N–H and O–H groups in total. The third-order valence-corrected chi connectivity index (χ3v) is 3.71. The number of hydrogen-bond acceptors (Lipinski definition) is 2. The molecule has 1 aromatic carbocycles. The average Bonchev–Trinajstić information content (AvgIpc) is 2.30. The minimum atomic E-state index is 0.142. The van der Waals surface area contributed by atoms with Crippen molar-refractivity contribution in [3.8, 4) is 0 Å². The van der Waals surface area contributed by atoms with Crippen molar-refractivity contribution in [2.24, 2.45) is 5.41 Å². The Bertz CT molecular complexity index is 385. The van der Waals surface area contributed by atoms with Gasteiger partial charge in [0.2, 0.25) is 0 Å². The fraction of sp³-hybridized carbons (Fsp3) is 0.625. The first-order valence-corrected chi connectivity index (χ1v) is 6.77. The number of aliphatic hydroxyl groups excluding tert-OH is 1. The van der Waals surface area contributed by atoms with Gasteiger partial charge in [-0.2, -0.15) is 0 Å². The summed E-state index contributed by atoms with van der Waals surface area (Å²) in [4.78, 5) is 0. The second kappa shape index (κ2) is 6.35. The van der Waals surface area contributed by atoms with Crippen LogP contribution in [0.4, 0.5) is 0 Å². The summed E-state index contributed by atoms with van der Waals surface area (Å²) < 4.78 is 0. The van der Waals surface area contributed by atoms with E-state index in [1.165, 1.54) is 16.7 Å². The molecule has 2 nitrogen and oxygen atoms in total. The Hall–Kier alpha value is -0.860. The standard InChI is InChI=1S/C16H27NO/c1-12-6-7-15(10-13(12)2)14(3)17-11-16(4,5)8-9-18/h6-7,10,14,17-18H,8-9,11H2,1-5H3. The van der Waals surface area contributed by atoms with Gasteiger partial charge in [0, 0.05) is 19.2 Å². The summed E-state index contributed by atoms with van der Waals surface area (Å²) in [6.07, 6.45) is 0.833. The van der Waals surface area contributed by atoms with E-state index in [0.717, 1.165) is 13.0 Å². The van der Waals surface area contributed by atoms with Gasteiger partial charge in [-0.25, -0.2) is 0 Å². The average molecular weight is 249 g/mol. The van der Waals surface area contributed by atoms with E-state index in [0.29, 0.717) is 6.04 Å². The molecule has 0 saturated carbocycles. The van der Waals surface area contributed by atoms with E-state index in [2.05, 4.69) is 58.1 Å². The summed E-state index contributed by atoms with van der Waals surface area (Å²) in [6.45, 7) is 12.0. The van der Waals surface area contributed by atoms with E-state index >= 15 is 0 Å². The molecule has 0 aliphatic heterocycles. The Kier molecular flexibility index (Phi) is 5.36. The lowest BCUT2D eigenvalue weighted by Gasteiger charge is -2.26. The summed E-state index contributed by atoms with van der Waals surface area (Å²) in [5.41, 5.74) is 4.16. The lowest BCUT2D eigenvalue weighted by atomic mass is 9.89. The molecule has 18 heavy (non-hydrogen) atoms. The number of aryl methyl sites for hydroxylation is 2. The zero-order valence-corrected chi connectivity index (χ0v) is 12.4. The summed E-state index contributed by atoms with van der Waals surface area (Å²) in [5.74, 6) is 0. The van der Waals surface area contributed by atoms with Gasteiger partial charge in [-0.1, -0.05) is 32.0 Å². The molecular weight excluding hydrogens is 222 g/mol. The first-order chi connectivity index (χ1) is 8.35. The van der Waals surface area contributed by atoms with Gasteiger partial charge in [-0.05, 0) is 49.3 Å². The van der Waals surface area contributed by atoms with Crippen molar-refractivity contribution in [2.45, 2.75) is 47.1 Å². The van der Waals surface area contributed by atoms with Crippen LogP contribution in [0.2, 0.25) is 0 Å². The van der Waals surface area contributed by atoms with Gasteiger partial charge in [0.05, 0.1) is 0 Å². The Morgan fingerprint density at radius 3 is 2.44 bits per heavy atom. The quantitative estimate of drug-likeness (QED) is 0.810. The maximum atomic E-state index is 9.02. The van der Waals surface area contributed by atoms with E-state index in [-0.39, 0.29) is 12.0 Å². The van der Waals surface area contributed by atoms with Crippen molar-refractivity contribution >= 4 is 0 Å². The van der Waals surface area contributed by atoms with Gasteiger partial charge in [0.1, 0.15) is 0 Å². The SMILES string of the molecule is Cc1ccc(C(C)NCC(C)(C)CCO)cc1C. The fourth-order valence-electron chi connectivity index (χ4n) is 1.97. The molecule has 1 atom stereocenters. The van der Waals surface area contributed by atoms with Crippen molar-refractivity contribution in [1.82, 2.24) is 5.32 Å². The fourth-order valence-corrected chi connectivity index (χ4v) is 1.97. The number of nitrogens with one attached hydrogen (secondary N) is 1. The number of aliphatic hydroxyl groups is 1. The van der Waals surface area contributed by atoms with Crippen molar-refractivity contribution in [3.05, 3.63) is 34.9 Å². The highest BCUT2D eigenvalue weighted by Crippen LogP contribution is 2.21. The molecule has 0 aliphatic rings. The first kappa shape index (κ1) is 15.2. The van der Waals surface area contributed by atoms with Crippen molar-refractivity contribution in [2.75, 3.05) is 13.2 Å². The smallest absolute Gasteiger partial charge is 0.0436 e. The highest BCUT2D eigenvalue weighted by molar-refractivity contribution is 5.31. The van der Waals surface area contributed by atoms with Crippen molar-refractivity contribution < 1.29 is 5.11 Å². The summed E-state index contributed by atoms with van der Waals surface area (Å²) in [6, 6.07) is 6.98. The highest BCUT2D eigenvalue weighted by atomic mass is 16.3. The van der Waals surface area contributed by atoms with Crippen LogP contribution in [0.5, 0.6) is 0 Å². The van der Waals surface area contributed by atoms with Gasteiger partial charge >= 0.3 is 0 Å². The molecule has 0 aliphatic carbocycles. The van der Waals surface area contributed by atoms with Crippen molar-refractivity contribution in [1.29, 1.82) is 0 Å². The minimum Gasteiger partial charge on any atom is -0.396 e. The van der Waals surface area contributed by atoms with Gasteiger partial charge in [0.25, 0.3) is 0 Å². The third-order valence-electron chi connectivity index (χ3n) is 3.71. The van der Waals surface area contributed by atoms with Crippen LogP contribution in [-0.4, -0.2) is 18.3 Å². The molecule has 1 rings (SSSR count). The van der Waals surface area contributed by atoms with E-state index < -0.39 is 0 Å². The van der Waals surface area contributed by atoms with Crippen LogP contribution in [0.1, 0.15) is 49.9 Å². The third kappa shape index (κ3) is 4.43. The van der Waals surface area contributed by atoms with Gasteiger partial charge in [0.15, 0.2) is 0 Å². The summed E-state index contributed by atoms with van der Waals surface area (Å²) in [7, 11) is 0. The molecule has 102 valence electrons. The van der Waals surface area contributed by atoms with Crippen LogP contribution in [0.25, 0.3) is 0 Å². The maximum absolute atomic E-state index is 9.02. The van der Waals surface area contributed by atoms with Crippen LogP contribution in [0.15, 0.2) is 18.2 Å². The molecule has 0 saturated heterocycles. The molecule has 0 amide bonds. The zero-order valence-electron chi connectivity index (χ0n) is 12.4.